The Labute approximate surface area is 101 Å². The van der Waals surface area contributed by atoms with E-state index in [4.69, 9.17) is 0 Å². The van der Waals surface area contributed by atoms with Crippen LogP contribution in [-0.2, 0) is 13.6 Å². The highest BCUT2D eigenvalue weighted by Gasteiger charge is 2.04. The van der Waals surface area contributed by atoms with Crippen LogP contribution in [0.5, 0.6) is 0 Å². The Morgan fingerprint density at radius 2 is 2.33 bits per heavy atom. The Kier molecular flexibility index (Phi) is 2.29. The van der Waals surface area contributed by atoms with E-state index in [-0.39, 0.29) is 5.69 Å². The number of anilines is 1. The molecule has 0 aliphatic carbocycles. The SMILES string of the molecule is Cn1cnnc1CNc1cc2n[nH]c(=O)n2cn1. The zero-order valence-corrected chi connectivity index (χ0v) is 9.53. The molecule has 0 amide bonds. The summed E-state index contributed by atoms with van der Waals surface area (Å²) in [5.41, 5.74) is 0.202. The van der Waals surface area contributed by atoms with Gasteiger partial charge in [0.25, 0.3) is 0 Å². The predicted molar refractivity (Wildman–Crippen MR) is 61.9 cm³/mol. The zero-order chi connectivity index (χ0) is 12.5. The van der Waals surface area contributed by atoms with Crippen molar-refractivity contribution in [2.45, 2.75) is 6.54 Å². The van der Waals surface area contributed by atoms with Crippen molar-refractivity contribution in [2.24, 2.45) is 7.05 Å². The van der Waals surface area contributed by atoms with Crippen LogP contribution in [-0.4, -0.2) is 34.3 Å². The first-order valence-corrected chi connectivity index (χ1v) is 5.23. The summed E-state index contributed by atoms with van der Waals surface area (Å²) in [5, 5.41) is 17.0. The fourth-order valence-electron chi connectivity index (χ4n) is 1.54. The third-order valence-corrected chi connectivity index (χ3v) is 2.54. The summed E-state index contributed by atoms with van der Waals surface area (Å²) in [7, 11) is 1.86. The van der Waals surface area contributed by atoms with Gasteiger partial charge in [0.15, 0.2) is 11.5 Å². The van der Waals surface area contributed by atoms with E-state index in [2.05, 4.69) is 30.7 Å². The van der Waals surface area contributed by atoms with Gasteiger partial charge >= 0.3 is 5.69 Å². The first-order valence-electron chi connectivity index (χ1n) is 5.23. The minimum atomic E-state index is -0.308. The summed E-state index contributed by atoms with van der Waals surface area (Å²) in [6.07, 6.45) is 3.04. The van der Waals surface area contributed by atoms with Gasteiger partial charge in [-0.15, -0.1) is 10.2 Å². The van der Waals surface area contributed by atoms with Crippen LogP contribution >= 0.6 is 0 Å². The fraction of sp³-hybridized carbons (Fsp3) is 0.222. The Bertz CT molecular complexity index is 738. The summed E-state index contributed by atoms with van der Waals surface area (Å²) in [6, 6.07) is 1.67. The van der Waals surface area contributed by atoms with E-state index in [0.717, 1.165) is 5.82 Å². The van der Waals surface area contributed by atoms with Crippen molar-refractivity contribution in [1.82, 2.24) is 34.3 Å². The van der Waals surface area contributed by atoms with Crippen LogP contribution in [0, 0.1) is 0 Å². The summed E-state index contributed by atoms with van der Waals surface area (Å²) >= 11 is 0. The Hall–Kier alpha value is -2.71. The van der Waals surface area contributed by atoms with Gasteiger partial charge in [-0.2, -0.15) is 5.10 Å². The lowest BCUT2D eigenvalue weighted by Crippen LogP contribution is -2.11. The highest BCUT2D eigenvalue weighted by molar-refractivity contribution is 5.48. The van der Waals surface area contributed by atoms with E-state index in [1.165, 1.54) is 10.7 Å². The molecule has 0 atom stereocenters. The highest BCUT2D eigenvalue weighted by atomic mass is 16.1. The van der Waals surface area contributed by atoms with E-state index in [0.29, 0.717) is 18.0 Å². The summed E-state index contributed by atoms with van der Waals surface area (Å²) in [5.74, 6) is 1.40. The lowest BCUT2D eigenvalue weighted by molar-refractivity contribution is 0.809. The second kappa shape index (κ2) is 3.95. The van der Waals surface area contributed by atoms with Crippen molar-refractivity contribution < 1.29 is 0 Å². The van der Waals surface area contributed by atoms with E-state index in [1.54, 1.807) is 12.4 Å². The molecule has 0 saturated heterocycles. The molecule has 9 heteroatoms. The lowest BCUT2D eigenvalue weighted by Gasteiger charge is -2.04. The first kappa shape index (κ1) is 10.4. The third kappa shape index (κ3) is 1.71. The molecule has 0 spiro atoms. The number of H-pyrrole nitrogens is 1. The van der Waals surface area contributed by atoms with E-state index in [1.807, 2.05) is 11.6 Å². The molecule has 2 N–H and O–H groups in total. The quantitative estimate of drug-likeness (QED) is 0.624. The van der Waals surface area contributed by atoms with Crippen LogP contribution in [0.25, 0.3) is 5.65 Å². The number of aryl methyl sites for hydroxylation is 1. The monoisotopic (exact) mass is 246 g/mol. The van der Waals surface area contributed by atoms with E-state index >= 15 is 0 Å². The van der Waals surface area contributed by atoms with Crippen LogP contribution in [0.1, 0.15) is 5.82 Å². The molecule has 0 aromatic carbocycles. The number of hydrogen-bond acceptors (Lipinski definition) is 6. The molecular weight excluding hydrogens is 236 g/mol. The standard InChI is InChI=1S/C9H10N8O/c1-16-5-12-13-8(16)3-10-6-2-7-14-15-9(18)17(7)4-11-6/h2,4-5,10H,3H2,1H3,(H,15,18). The highest BCUT2D eigenvalue weighted by Crippen LogP contribution is 2.05. The molecule has 3 heterocycles. The summed E-state index contributed by atoms with van der Waals surface area (Å²) in [4.78, 5) is 15.3. The molecule has 18 heavy (non-hydrogen) atoms. The fourth-order valence-corrected chi connectivity index (χ4v) is 1.54. The molecule has 0 saturated carbocycles. The van der Waals surface area contributed by atoms with E-state index < -0.39 is 0 Å². The zero-order valence-electron chi connectivity index (χ0n) is 9.53. The third-order valence-electron chi connectivity index (χ3n) is 2.54. The number of hydrogen-bond donors (Lipinski definition) is 2. The minimum absolute atomic E-state index is 0.308. The average molecular weight is 246 g/mol. The summed E-state index contributed by atoms with van der Waals surface area (Å²) in [6.45, 7) is 0.494. The van der Waals surface area contributed by atoms with Gasteiger partial charge in [-0.3, -0.25) is 0 Å². The molecule has 9 nitrogen and oxygen atoms in total. The first-order chi connectivity index (χ1) is 8.74. The van der Waals surface area contributed by atoms with Crippen LogP contribution in [0.4, 0.5) is 5.82 Å². The lowest BCUT2D eigenvalue weighted by atomic mass is 10.5. The molecule has 0 aliphatic rings. The van der Waals surface area contributed by atoms with E-state index in [9.17, 15) is 4.79 Å². The Balaban J connectivity index is 1.83. The van der Waals surface area contributed by atoms with Crippen molar-refractivity contribution in [3.8, 4) is 0 Å². The number of aromatic nitrogens is 7. The predicted octanol–water partition coefficient (Wildman–Crippen LogP) is -0.842. The molecule has 0 unspecified atom stereocenters. The second-order valence-electron chi connectivity index (χ2n) is 3.74. The Morgan fingerprint density at radius 1 is 1.44 bits per heavy atom. The number of aromatic amines is 1. The molecule has 0 fully saturated rings. The van der Waals surface area contributed by atoms with Gasteiger partial charge in [-0.1, -0.05) is 0 Å². The van der Waals surface area contributed by atoms with Crippen LogP contribution in [0.15, 0.2) is 23.5 Å². The topological polar surface area (TPSA) is 106 Å². The summed E-state index contributed by atoms with van der Waals surface area (Å²) < 4.78 is 3.14. The Morgan fingerprint density at radius 3 is 3.11 bits per heavy atom. The normalized spacial score (nSPS) is 10.9. The smallest absolute Gasteiger partial charge is 0.348 e. The number of nitrogens with one attached hydrogen (secondary N) is 2. The second-order valence-corrected chi connectivity index (χ2v) is 3.74. The molecule has 92 valence electrons. The van der Waals surface area contributed by atoms with Crippen molar-refractivity contribution in [1.29, 1.82) is 0 Å². The molecule has 0 radical (unpaired) electrons. The van der Waals surface area contributed by atoms with Gasteiger partial charge in [0.1, 0.15) is 18.5 Å². The van der Waals surface area contributed by atoms with Crippen molar-refractivity contribution in [3.05, 3.63) is 35.0 Å². The van der Waals surface area contributed by atoms with Gasteiger partial charge in [-0.25, -0.2) is 19.3 Å². The maximum absolute atomic E-state index is 11.2. The molecule has 3 aromatic heterocycles. The number of nitrogens with zero attached hydrogens (tertiary/aromatic N) is 6. The molecule has 0 bridgehead atoms. The van der Waals surface area contributed by atoms with Gasteiger partial charge in [0.05, 0.1) is 6.54 Å². The van der Waals surface area contributed by atoms with Gasteiger partial charge in [0, 0.05) is 13.1 Å². The van der Waals surface area contributed by atoms with Crippen molar-refractivity contribution >= 4 is 11.5 Å². The molecule has 3 aromatic rings. The maximum atomic E-state index is 11.2. The number of fused-ring (bicyclic) bond motifs is 1. The minimum Gasteiger partial charge on any atom is -0.363 e. The molecule has 3 rings (SSSR count). The van der Waals surface area contributed by atoms with Crippen molar-refractivity contribution in [3.63, 3.8) is 0 Å². The van der Waals surface area contributed by atoms with Crippen LogP contribution < -0.4 is 11.0 Å². The van der Waals surface area contributed by atoms with Gasteiger partial charge in [0.2, 0.25) is 0 Å². The van der Waals surface area contributed by atoms with Gasteiger partial charge in [-0.05, 0) is 0 Å². The van der Waals surface area contributed by atoms with Gasteiger partial charge < -0.3 is 9.88 Å². The van der Waals surface area contributed by atoms with Crippen LogP contribution in [0.2, 0.25) is 0 Å². The van der Waals surface area contributed by atoms with Crippen LogP contribution in [0.3, 0.4) is 0 Å². The van der Waals surface area contributed by atoms with Crippen molar-refractivity contribution in [2.75, 3.05) is 5.32 Å². The number of rotatable bonds is 3. The molecule has 0 aliphatic heterocycles. The largest absolute Gasteiger partial charge is 0.363 e. The maximum Gasteiger partial charge on any atom is 0.348 e. The molecular formula is C9H10N8O. The average Bonchev–Trinajstić information content (AvgIpc) is 2.94.